The second-order valence-corrected chi connectivity index (χ2v) is 15.7. The minimum atomic E-state index is -0.260. The summed E-state index contributed by atoms with van der Waals surface area (Å²) >= 11 is 1.62. The van der Waals surface area contributed by atoms with Crippen LogP contribution < -0.4 is 0 Å². The van der Waals surface area contributed by atoms with Gasteiger partial charge in [0.15, 0.2) is 0 Å². The van der Waals surface area contributed by atoms with Crippen LogP contribution >= 0.6 is 11.3 Å². The van der Waals surface area contributed by atoms with Gasteiger partial charge in [-0.05, 0) is 86.3 Å². The molecular weight excluding hydrogens is 624 g/mol. The van der Waals surface area contributed by atoms with Crippen LogP contribution in [0.25, 0.3) is 53.8 Å². The highest BCUT2D eigenvalue weighted by atomic mass is 32.1. The van der Waals surface area contributed by atoms with E-state index in [1.54, 1.807) is 17.6 Å². The number of aromatic nitrogens is 1. The topological polar surface area (TPSA) is 45.5 Å². The second-order valence-electron chi connectivity index (χ2n) is 14.7. The lowest BCUT2D eigenvalue weighted by molar-refractivity contribution is 0.444. The zero-order valence-corrected chi connectivity index (χ0v) is 29.5. The lowest BCUT2D eigenvalue weighted by Crippen LogP contribution is -2.17. The van der Waals surface area contributed by atoms with Gasteiger partial charge in [0.25, 0.3) is 0 Å². The van der Waals surface area contributed by atoms with Crippen molar-refractivity contribution in [2.45, 2.75) is 52.4 Å². The Morgan fingerprint density at radius 3 is 2.14 bits per heavy atom. The Balaban J connectivity index is 1.39. The normalized spacial score (nSPS) is 12.4. The fourth-order valence-corrected chi connectivity index (χ4v) is 7.35. The number of hydrogen-bond donors (Lipinski definition) is 1. The van der Waals surface area contributed by atoms with Gasteiger partial charge in [0.2, 0.25) is 0 Å². The first kappa shape index (κ1) is 32.4. The SMILES string of the molecule is CC(C)(C)c1cc(C=Nc2ccccc2-c2nc3c(-c4cccc5ccccc45)cc(-c4ccc(F)cc4)cc3s2)c(O)c(C(C)(C)C)c1. The Labute approximate surface area is 291 Å². The van der Waals surface area contributed by atoms with E-state index in [2.05, 4.69) is 108 Å². The molecule has 1 aromatic heterocycles. The van der Waals surface area contributed by atoms with E-state index in [1.807, 2.05) is 36.4 Å². The molecule has 0 aliphatic heterocycles. The minimum absolute atomic E-state index is 0.0935. The summed E-state index contributed by atoms with van der Waals surface area (Å²) < 4.78 is 14.9. The molecule has 0 atom stereocenters. The molecule has 0 unspecified atom stereocenters. The Morgan fingerprint density at radius 1 is 0.694 bits per heavy atom. The Hall–Kier alpha value is -5.13. The summed E-state index contributed by atoms with van der Waals surface area (Å²) in [6.07, 6.45) is 1.78. The molecule has 7 aromatic rings. The van der Waals surface area contributed by atoms with Gasteiger partial charge in [-0.3, -0.25) is 4.99 Å². The highest BCUT2D eigenvalue weighted by Gasteiger charge is 2.25. The second kappa shape index (κ2) is 12.4. The van der Waals surface area contributed by atoms with Crippen molar-refractivity contribution in [1.29, 1.82) is 0 Å². The number of halogens is 1. The van der Waals surface area contributed by atoms with Crippen molar-refractivity contribution in [1.82, 2.24) is 4.98 Å². The van der Waals surface area contributed by atoms with Gasteiger partial charge >= 0.3 is 0 Å². The van der Waals surface area contributed by atoms with E-state index in [-0.39, 0.29) is 22.4 Å². The van der Waals surface area contributed by atoms with Crippen molar-refractivity contribution in [3.63, 3.8) is 0 Å². The standard InChI is InChI=1S/C44H39FN2OS/c1-43(2,3)31-22-30(41(48)37(25-31)44(4,5)6)26-46-38-17-10-9-15-35(38)42-47-40-36(34-16-11-13-28-12-7-8-14-33(28)34)23-29(24-39(40)49-42)27-18-20-32(45)21-19-27/h7-26,48H,1-6H3. The van der Waals surface area contributed by atoms with Crippen LogP contribution in [0.5, 0.6) is 5.75 Å². The number of phenols is 1. The van der Waals surface area contributed by atoms with Crippen LogP contribution in [0.15, 0.2) is 120 Å². The average Bonchev–Trinajstić information content (AvgIpc) is 3.51. The van der Waals surface area contributed by atoms with E-state index in [1.165, 1.54) is 12.1 Å². The van der Waals surface area contributed by atoms with Crippen molar-refractivity contribution in [2.75, 3.05) is 0 Å². The molecule has 49 heavy (non-hydrogen) atoms. The smallest absolute Gasteiger partial charge is 0.128 e. The molecule has 0 saturated heterocycles. The number of fused-ring (bicyclic) bond motifs is 2. The zero-order valence-electron chi connectivity index (χ0n) is 28.7. The van der Waals surface area contributed by atoms with Crippen LogP contribution in [0.2, 0.25) is 0 Å². The maximum absolute atomic E-state index is 13.9. The predicted octanol–water partition coefficient (Wildman–Crippen LogP) is 12.6. The summed E-state index contributed by atoms with van der Waals surface area (Å²) in [6.45, 7) is 12.9. The Kier molecular flexibility index (Phi) is 8.20. The Morgan fingerprint density at radius 2 is 1.39 bits per heavy atom. The molecule has 0 fully saturated rings. The summed E-state index contributed by atoms with van der Waals surface area (Å²) in [4.78, 5) is 10.2. The van der Waals surface area contributed by atoms with Gasteiger partial charge in [-0.2, -0.15) is 0 Å². The molecule has 1 heterocycles. The third-order valence-corrected chi connectivity index (χ3v) is 10.1. The van der Waals surface area contributed by atoms with Crippen molar-refractivity contribution in [3.05, 3.63) is 138 Å². The summed E-state index contributed by atoms with van der Waals surface area (Å²) in [5.74, 6) is -0.000745. The summed E-state index contributed by atoms with van der Waals surface area (Å²) in [6, 6.07) is 37.9. The van der Waals surface area contributed by atoms with E-state index < -0.39 is 0 Å². The minimum Gasteiger partial charge on any atom is -0.507 e. The number of hydrogen-bond acceptors (Lipinski definition) is 4. The third kappa shape index (κ3) is 6.39. The third-order valence-electron chi connectivity index (χ3n) is 9.04. The highest BCUT2D eigenvalue weighted by molar-refractivity contribution is 7.21. The van der Waals surface area contributed by atoms with E-state index in [0.29, 0.717) is 5.56 Å². The number of aliphatic imine (C=N–C) groups is 1. The van der Waals surface area contributed by atoms with Crippen molar-refractivity contribution >= 4 is 44.2 Å². The van der Waals surface area contributed by atoms with Gasteiger partial charge in [0.1, 0.15) is 16.6 Å². The van der Waals surface area contributed by atoms with Crippen LogP contribution in [-0.4, -0.2) is 16.3 Å². The van der Waals surface area contributed by atoms with Crippen molar-refractivity contribution < 1.29 is 9.50 Å². The first-order valence-corrected chi connectivity index (χ1v) is 17.4. The van der Waals surface area contributed by atoms with Gasteiger partial charge in [-0.25, -0.2) is 9.37 Å². The van der Waals surface area contributed by atoms with Crippen LogP contribution in [0.4, 0.5) is 10.1 Å². The quantitative estimate of drug-likeness (QED) is 0.186. The number of phenolic OH excluding ortho intramolecular Hbond substituents is 1. The van der Waals surface area contributed by atoms with Crippen LogP contribution in [0.3, 0.4) is 0 Å². The molecule has 5 heteroatoms. The molecule has 244 valence electrons. The highest BCUT2D eigenvalue weighted by Crippen LogP contribution is 2.43. The van der Waals surface area contributed by atoms with Crippen LogP contribution in [0.1, 0.15) is 58.2 Å². The molecule has 1 N–H and O–H groups in total. The lowest BCUT2D eigenvalue weighted by Gasteiger charge is -2.27. The van der Waals surface area contributed by atoms with Gasteiger partial charge in [0, 0.05) is 28.5 Å². The average molecular weight is 663 g/mol. The fraction of sp³-hybridized carbons (Fsp3) is 0.182. The molecule has 0 bridgehead atoms. The zero-order chi connectivity index (χ0) is 34.5. The van der Waals surface area contributed by atoms with Gasteiger partial charge in [-0.15, -0.1) is 11.3 Å². The monoisotopic (exact) mass is 662 g/mol. The fourth-order valence-electron chi connectivity index (χ4n) is 6.29. The molecular formula is C44H39FN2OS. The van der Waals surface area contributed by atoms with Crippen LogP contribution in [0, 0.1) is 5.82 Å². The number of benzene rings is 6. The van der Waals surface area contributed by atoms with Crippen molar-refractivity contribution in [3.8, 4) is 38.6 Å². The molecule has 6 aromatic carbocycles. The largest absolute Gasteiger partial charge is 0.507 e. The first-order chi connectivity index (χ1) is 23.4. The van der Waals surface area contributed by atoms with Gasteiger partial charge in [-0.1, -0.05) is 114 Å². The molecule has 0 radical (unpaired) electrons. The number of para-hydroxylation sites is 1. The molecule has 0 spiro atoms. The number of nitrogens with zero attached hydrogens (tertiary/aromatic N) is 2. The molecule has 3 nitrogen and oxygen atoms in total. The van der Waals surface area contributed by atoms with Gasteiger partial charge < -0.3 is 5.11 Å². The lowest BCUT2D eigenvalue weighted by atomic mass is 9.79. The number of rotatable bonds is 5. The summed E-state index contributed by atoms with van der Waals surface area (Å²) in [5.41, 5.74) is 9.06. The first-order valence-electron chi connectivity index (χ1n) is 16.6. The van der Waals surface area contributed by atoms with E-state index >= 15 is 0 Å². The molecule has 0 saturated carbocycles. The Bertz CT molecular complexity index is 2370. The molecule has 7 rings (SSSR count). The number of aromatic hydroxyl groups is 1. The maximum Gasteiger partial charge on any atom is 0.128 e. The maximum atomic E-state index is 13.9. The van der Waals surface area contributed by atoms with Crippen LogP contribution in [-0.2, 0) is 10.8 Å². The van der Waals surface area contributed by atoms with Crippen molar-refractivity contribution in [2.24, 2.45) is 4.99 Å². The molecule has 0 aliphatic carbocycles. The van der Waals surface area contributed by atoms with E-state index in [9.17, 15) is 9.50 Å². The molecule has 0 amide bonds. The summed E-state index contributed by atoms with van der Waals surface area (Å²) in [7, 11) is 0. The van der Waals surface area contributed by atoms with E-state index in [0.717, 1.165) is 70.6 Å². The molecule has 0 aliphatic rings. The van der Waals surface area contributed by atoms with Gasteiger partial charge in [0.05, 0.1) is 15.9 Å². The van der Waals surface area contributed by atoms with E-state index in [4.69, 9.17) is 9.98 Å². The predicted molar refractivity (Wildman–Crippen MR) is 206 cm³/mol. The summed E-state index contributed by atoms with van der Waals surface area (Å²) in [5, 5.41) is 14.6. The number of thiazole rings is 1.